The van der Waals surface area contributed by atoms with Crippen molar-refractivity contribution >= 4 is 16.0 Å². The Labute approximate surface area is 157 Å². The van der Waals surface area contributed by atoms with Gasteiger partial charge in [-0.1, -0.05) is 26.8 Å². The van der Waals surface area contributed by atoms with E-state index in [0.29, 0.717) is 23.7 Å². The molecular weight excluding hydrogens is 350 g/mol. The van der Waals surface area contributed by atoms with E-state index in [1.807, 2.05) is 0 Å². The third kappa shape index (κ3) is 2.84. The first-order chi connectivity index (χ1) is 12.0. The largest absolute Gasteiger partial charge is 0.349 e. The average molecular weight is 382 g/mol. The summed E-state index contributed by atoms with van der Waals surface area (Å²) < 4.78 is 28.7. The van der Waals surface area contributed by atoms with Crippen molar-refractivity contribution in [1.82, 2.24) is 5.32 Å². The summed E-state index contributed by atoms with van der Waals surface area (Å²) in [4.78, 5) is 11.9. The standard InChI is InChI=1S/C20H31NO4S/c1-12-9-16-20(3,8-6-17(22)21-16)14-5-7-19(2)11-13(25-26(4,23)24)10-15(19)18(12)14/h6,8,12-16,18H,5,7,9-11H2,1-4H3,(H,21,22)/t12-,13+,14-,15-,16+,18+,19+,20+/m0/s1. The van der Waals surface area contributed by atoms with Gasteiger partial charge in [0.25, 0.3) is 10.1 Å². The summed E-state index contributed by atoms with van der Waals surface area (Å²) in [5, 5.41) is 3.20. The van der Waals surface area contributed by atoms with Crippen LogP contribution < -0.4 is 5.32 Å². The van der Waals surface area contributed by atoms with Crippen LogP contribution in [-0.2, 0) is 19.1 Å². The summed E-state index contributed by atoms with van der Waals surface area (Å²) in [6.07, 6.45) is 9.77. The third-order valence-corrected chi connectivity index (χ3v) is 8.72. The molecular formula is C20H31NO4S. The second-order valence-corrected chi connectivity index (χ2v) is 11.4. The summed E-state index contributed by atoms with van der Waals surface area (Å²) in [6, 6.07) is 0.213. The van der Waals surface area contributed by atoms with Crippen LogP contribution in [0.2, 0.25) is 0 Å². The average Bonchev–Trinajstić information content (AvgIpc) is 2.83. The predicted octanol–water partition coefficient (Wildman–Crippen LogP) is 2.87. The van der Waals surface area contributed by atoms with Crippen LogP contribution in [0.5, 0.6) is 0 Å². The van der Waals surface area contributed by atoms with Gasteiger partial charge in [0.1, 0.15) is 0 Å². The maximum atomic E-state index is 11.9. The Kier molecular flexibility index (Phi) is 4.13. The second-order valence-electron chi connectivity index (χ2n) is 9.82. The van der Waals surface area contributed by atoms with Gasteiger partial charge in [-0.2, -0.15) is 8.42 Å². The van der Waals surface area contributed by atoms with Crippen molar-refractivity contribution < 1.29 is 17.4 Å². The Morgan fingerprint density at radius 1 is 1.23 bits per heavy atom. The minimum atomic E-state index is -3.42. The van der Waals surface area contributed by atoms with E-state index >= 15 is 0 Å². The van der Waals surface area contributed by atoms with E-state index in [4.69, 9.17) is 4.18 Å². The van der Waals surface area contributed by atoms with Crippen molar-refractivity contribution in [2.75, 3.05) is 6.26 Å². The number of rotatable bonds is 2. The highest BCUT2D eigenvalue weighted by molar-refractivity contribution is 7.86. The molecule has 1 heterocycles. The molecule has 4 aliphatic rings. The molecule has 1 amide bonds. The van der Waals surface area contributed by atoms with E-state index in [1.165, 1.54) is 0 Å². The monoisotopic (exact) mass is 381 g/mol. The van der Waals surface area contributed by atoms with Crippen molar-refractivity contribution in [3.8, 4) is 0 Å². The van der Waals surface area contributed by atoms with Crippen molar-refractivity contribution in [1.29, 1.82) is 0 Å². The molecule has 0 spiro atoms. The van der Waals surface area contributed by atoms with Gasteiger partial charge in [-0.15, -0.1) is 0 Å². The number of amides is 1. The molecule has 146 valence electrons. The molecule has 5 nitrogen and oxygen atoms in total. The summed E-state index contributed by atoms with van der Waals surface area (Å²) in [5.41, 5.74) is 0.164. The minimum Gasteiger partial charge on any atom is -0.349 e. The highest BCUT2D eigenvalue weighted by atomic mass is 32.2. The SMILES string of the molecule is C[C@H]1C[C@H]2NC(=O)C=C[C@]2(C)[C@H]2CC[C@]3(C)C[C@H](OS(C)(=O)=O)C[C@H]3[C@H]12. The summed E-state index contributed by atoms with van der Waals surface area (Å²) in [5.74, 6) is 2.13. The van der Waals surface area contributed by atoms with Crippen molar-refractivity contribution in [3.63, 3.8) is 0 Å². The third-order valence-electron chi connectivity index (χ3n) is 8.10. The highest BCUT2D eigenvalue weighted by Gasteiger charge is 2.60. The molecule has 6 heteroatoms. The summed E-state index contributed by atoms with van der Waals surface area (Å²) in [7, 11) is -3.42. The molecule has 0 bridgehead atoms. The highest BCUT2D eigenvalue weighted by Crippen LogP contribution is 2.64. The van der Waals surface area contributed by atoms with E-state index in [1.54, 1.807) is 6.08 Å². The molecule has 0 radical (unpaired) electrons. The van der Waals surface area contributed by atoms with Gasteiger partial charge in [-0.25, -0.2) is 0 Å². The fraction of sp³-hybridized carbons (Fsp3) is 0.850. The fourth-order valence-electron chi connectivity index (χ4n) is 7.00. The Hall–Kier alpha value is -0.880. The molecule has 0 aromatic heterocycles. The van der Waals surface area contributed by atoms with Crippen LogP contribution in [0.25, 0.3) is 0 Å². The first-order valence-electron chi connectivity index (χ1n) is 9.90. The number of hydrogen-bond acceptors (Lipinski definition) is 4. The van der Waals surface area contributed by atoms with Crippen LogP contribution in [-0.4, -0.2) is 32.7 Å². The molecule has 1 N–H and O–H groups in total. The molecule has 3 saturated carbocycles. The first-order valence-corrected chi connectivity index (χ1v) is 11.7. The zero-order valence-electron chi connectivity index (χ0n) is 16.2. The van der Waals surface area contributed by atoms with Crippen LogP contribution >= 0.6 is 0 Å². The number of nitrogens with one attached hydrogen (secondary N) is 1. The number of carbonyl (C=O) groups is 1. The lowest BCUT2D eigenvalue weighted by molar-refractivity contribution is -0.124. The van der Waals surface area contributed by atoms with Crippen LogP contribution in [0.3, 0.4) is 0 Å². The molecule has 8 atom stereocenters. The molecule has 1 aliphatic heterocycles. The second kappa shape index (κ2) is 5.81. The molecule has 4 rings (SSSR count). The number of hydrogen-bond donors (Lipinski definition) is 1. The quantitative estimate of drug-likeness (QED) is 0.747. The van der Waals surface area contributed by atoms with Gasteiger partial charge in [0.2, 0.25) is 5.91 Å². The van der Waals surface area contributed by atoms with Gasteiger partial charge in [0.05, 0.1) is 12.4 Å². The lowest BCUT2D eigenvalue weighted by atomic mass is 9.46. The summed E-state index contributed by atoms with van der Waals surface area (Å²) in [6.45, 7) is 6.95. The van der Waals surface area contributed by atoms with Crippen LogP contribution in [0.15, 0.2) is 12.2 Å². The van der Waals surface area contributed by atoms with Gasteiger partial charge in [-0.3, -0.25) is 8.98 Å². The van der Waals surface area contributed by atoms with Gasteiger partial charge in [0, 0.05) is 11.5 Å². The normalized spacial score (nSPS) is 50.5. The molecule has 0 aromatic rings. The molecule has 0 unspecified atom stereocenters. The van der Waals surface area contributed by atoms with Crippen molar-refractivity contribution in [2.24, 2.45) is 34.5 Å². The van der Waals surface area contributed by atoms with Crippen LogP contribution in [0, 0.1) is 34.5 Å². The van der Waals surface area contributed by atoms with Gasteiger partial charge < -0.3 is 5.32 Å². The molecule has 3 fully saturated rings. The molecule has 0 aromatic carbocycles. The zero-order chi connectivity index (χ0) is 18.9. The Morgan fingerprint density at radius 3 is 2.65 bits per heavy atom. The zero-order valence-corrected chi connectivity index (χ0v) is 17.0. The smallest absolute Gasteiger partial charge is 0.264 e. The topological polar surface area (TPSA) is 72.5 Å². The fourth-order valence-corrected chi connectivity index (χ4v) is 7.64. The number of carbonyl (C=O) groups excluding carboxylic acids is 1. The molecule has 0 saturated heterocycles. The molecule has 26 heavy (non-hydrogen) atoms. The Bertz CT molecular complexity index is 747. The van der Waals surface area contributed by atoms with Gasteiger partial charge in [-0.05, 0) is 67.3 Å². The van der Waals surface area contributed by atoms with Gasteiger partial charge in [0.15, 0.2) is 0 Å². The maximum absolute atomic E-state index is 11.9. The number of fused-ring (bicyclic) bond motifs is 5. The first kappa shape index (κ1) is 18.5. The predicted molar refractivity (Wildman–Crippen MR) is 99.7 cm³/mol. The van der Waals surface area contributed by atoms with E-state index in [9.17, 15) is 13.2 Å². The van der Waals surface area contributed by atoms with Crippen molar-refractivity contribution in [2.45, 2.75) is 65.0 Å². The van der Waals surface area contributed by atoms with E-state index < -0.39 is 10.1 Å². The lowest BCUT2D eigenvalue weighted by Crippen LogP contribution is -2.61. The van der Waals surface area contributed by atoms with E-state index in [-0.39, 0.29) is 28.9 Å². The van der Waals surface area contributed by atoms with E-state index in [0.717, 1.165) is 38.4 Å². The maximum Gasteiger partial charge on any atom is 0.264 e. The lowest BCUT2D eigenvalue weighted by Gasteiger charge is -2.60. The Balaban J connectivity index is 1.65. The van der Waals surface area contributed by atoms with Crippen LogP contribution in [0.1, 0.15) is 52.9 Å². The van der Waals surface area contributed by atoms with Crippen LogP contribution in [0.4, 0.5) is 0 Å². The summed E-state index contributed by atoms with van der Waals surface area (Å²) >= 11 is 0. The van der Waals surface area contributed by atoms with Gasteiger partial charge >= 0.3 is 0 Å². The minimum absolute atomic E-state index is 0.00218. The molecule has 3 aliphatic carbocycles. The van der Waals surface area contributed by atoms with Crippen molar-refractivity contribution in [3.05, 3.63) is 12.2 Å². The van der Waals surface area contributed by atoms with E-state index in [2.05, 4.69) is 32.2 Å². The Morgan fingerprint density at radius 2 is 1.96 bits per heavy atom.